The number of hydrogen-bond donors (Lipinski definition) is 1. The van der Waals surface area contributed by atoms with Gasteiger partial charge in [0.2, 0.25) is 0 Å². The summed E-state index contributed by atoms with van der Waals surface area (Å²) in [5.41, 5.74) is 3.83. The van der Waals surface area contributed by atoms with Crippen LogP contribution in [-0.4, -0.2) is 42.6 Å². The van der Waals surface area contributed by atoms with Crippen LogP contribution in [0.3, 0.4) is 0 Å². The molecule has 54 valence electrons. The first kappa shape index (κ1) is 7.38. The molecule has 0 unspecified atom stereocenters. The van der Waals surface area contributed by atoms with Gasteiger partial charge in [0.25, 0.3) is 0 Å². The Kier molecular flexibility index (Phi) is 3.40. The minimum atomic E-state index is 1.06. The fourth-order valence-electron chi connectivity index (χ4n) is 1.05. The van der Waals surface area contributed by atoms with Gasteiger partial charge in [-0.2, -0.15) is 11.8 Å². The second-order valence-corrected chi connectivity index (χ2v) is 3.53. The van der Waals surface area contributed by atoms with Crippen molar-refractivity contribution in [1.82, 2.24) is 4.90 Å². The van der Waals surface area contributed by atoms with Crippen molar-refractivity contribution in [1.29, 1.82) is 0 Å². The summed E-state index contributed by atoms with van der Waals surface area (Å²) in [4.78, 5) is 2.49. The van der Waals surface area contributed by atoms with E-state index in [9.17, 15) is 0 Å². The Balaban J connectivity index is 2.08. The molecule has 3 N–H and O–H groups in total. The van der Waals surface area contributed by atoms with Crippen molar-refractivity contribution in [2.75, 3.05) is 37.7 Å². The van der Waals surface area contributed by atoms with Crippen molar-refractivity contribution in [3.8, 4) is 0 Å². The highest BCUT2D eigenvalue weighted by Crippen LogP contribution is 2.07. The Labute approximate surface area is 60.8 Å². The molecule has 0 aliphatic carbocycles. The summed E-state index contributed by atoms with van der Waals surface area (Å²) < 4.78 is 0. The first-order valence-corrected chi connectivity index (χ1v) is 4.68. The van der Waals surface area contributed by atoms with Crippen molar-refractivity contribution < 1.29 is 5.73 Å². The third-order valence-corrected chi connectivity index (χ3v) is 2.52. The Morgan fingerprint density at radius 3 is 2.56 bits per heavy atom. The quantitative estimate of drug-likeness (QED) is 0.559. The van der Waals surface area contributed by atoms with E-state index >= 15 is 0 Å². The van der Waals surface area contributed by atoms with Gasteiger partial charge in [0.05, 0.1) is 6.54 Å². The maximum atomic E-state index is 3.83. The molecular formula is C6H15N2S+. The molecular weight excluding hydrogens is 132 g/mol. The molecule has 1 aliphatic heterocycles. The highest BCUT2D eigenvalue weighted by atomic mass is 32.2. The fourth-order valence-corrected chi connectivity index (χ4v) is 2.03. The fraction of sp³-hybridized carbons (Fsp3) is 1.00. The largest absolute Gasteiger partial charge is 0.357 e. The van der Waals surface area contributed by atoms with Gasteiger partial charge in [0, 0.05) is 31.1 Å². The van der Waals surface area contributed by atoms with E-state index in [1.807, 2.05) is 0 Å². The van der Waals surface area contributed by atoms with E-state index in [-0.39, 0.29) is 0 Å². The predicted octanol–water partition coefficient (Wildman–Crippen LogP) is -0.723. The molecule has 0 radical (unpaired) electrons. The van der Waals surface area contributed by atoms with Crippen LogP contribution in [0.5, 0.6) is 0 Å². The van der Waals surface area contributed by atoms with Gasteiger partial charge < -0.3 is 5.73 Å². The lowest BCUT2D eigenvalue weighted by Crippen LogP contribution is -2.55. The molecule has 2 nitrogen and oxygen atoms in total. The monoisotopic (exact) mass is 147 g/mol. The van der Waals surface area contributed by atoms with Crippen LogP contribution in [0, 0.1) is 0 Å². The van der Waals surface area contributed by atoms with Gasteiger partial charge in [0.1, 0.15) is 0 Å². The molecule has 9 heavy (non-hydrogen) atoms. The number of nitrogens with zero attached hydrogens (tertiary/aromatic N) is 1. The topological polar surface area (TPSA) is 30.9 Å². The lowest BCUT2D eigenvalue weighted by Gasteiger charge is -2.24. The minimum Gasteiger partial charge on any atom is -0.357 e. The normalized spacial score (nSPS) is 22.3. The zero-order valence-electron chi connectivity index (χ0n) is 5.81. The first-order chi connectivity index (χ1) is 4.43. The standard InChI is InChI=1S/C6H14N2S/c7-1-2-8-3-5-9-6-4-8/h1-7H2/p+1. The summed E-state index contributed by atoms with van der Waals surface area (Å²) >= 11 is 2.06. The van der Waals surface area contributed by atoms with Gasteiger partial charge in [-0.25, -0.2) is 0 Å². The van der Waals surface area contributed by atoms with E-state index in [4.69, 9.17) is 0 Å². The third kappa shape index (κ3) is 2.56. The summed E-state index contributed by atoms with van der Waals surface area (Å²) in [6.07, 6.45) is 0. The minimum absolute atomic E-state index is 1.06. The van der Waals surface area contributed by atoms with E-state index in [0.717, 1.165) is 6.54 Å². The number of quaternary nitrogens is 1. The number of hydrogen-bond acceptors (Lipinski definition) is 2. The second kappa shape index (κ2) is 4.14. The SMILES string of the molecule is [NH3+]CCN1CCSCC1. The van der Waals surface area contributed by atoms with E-state index in [2.05, 4.69) is 22.4 Å². The van der Waals surface area contributed by atoms with Crippen molar-refractivity contribution in [3.63, 3.8) is 0 Å². The Morgan fingerprint density at radius 2 is 2.00 bits per heavy atom. The third-order valence-electron chi connectivity index (χ3n) is 1.58. The Morgan fingerprint density at radius 1 is 1.33 bits per heavy atom. The summed E-state index contributed by atoms with van der Waals surface area (Å²) in [5.74, 6) is 2.64. The average Bonchev–Trinajstić information content (AvgIpc) is 1.91. The number of thioether (sulfide) groups is 1. The zero-order valence-corrected chi connectivity index (χ0v) is 6.62. The van der Waals surface area contributed by atoms with Gasteiger partial charge in [-0.15, -0.1) is 0 Å². The van der Waals surface area contributed by atoms with Crippen LogP contribution in [0.15, 0.2) is 0 Å². The van der Waals surface area contributed by atoms with E-state index < -0.39 is 0 Å². The molecule has 1 fully saturated rings. The molecule has 0 amide bonds. The highest BCUT2D eigenvalue weighted by molar-refractivity contribution is 7.99. The van der Waals surface area contributed by atoms with E-state index in [1.54, 1.807) is 0 Å². The summed E-state index contributed by atoms with van der Waals surface area (Å²) in [6, 6.07) is 0. The van der Waals surface area contributed by atoms with Crippen LogP contribution in [0.2, 0.25) is 0 Å². The molecule has 0 aromatic heterocycles. The maximum absolute atomic E-state index is 3.83. The Hall–Kier alpha value is 0.270. The van der Waals surface area contributed by atoms with Crippen LogP contribution < -0.4 is 5.73 Å². The highest BCUT2D eigenvalue weighted by Gasteiger charge is 2.08. The first-order valence-electron chi connectivity index (χ1n) is 3.53. The Bertz CT molecular complexity index is 68.7. The second-order valence-electron chi connectivity index (χ2n) is 2.31. The van der Waals surface area contributed by atoms with E-state index in [1.165, 1.54) is 31.1 Å². The zero-order chi connectivity index (χ0) is 6.53. The van der Waals surface area contributed by atoms with Crippen LogP contribution in [0.4, 0.5) is 0 Å². The molecule has 1 saturated heterocycles. The van der Waals surface area contributed by atoms with Gasteiger partial charge >= 0.3 is 0 Å². The lowest BCUT2D eigenvalue weighted by molar-refractivity contribution is -0.368. The maximum Gasteiger partial charge on any atom is 0.0869 e. The summed E-state index contributed by atoms with van der Waals surface area (Å²) in [7, 11) is 0. The van der Waals surface area contributed by atoms with Crippen LogP contribution >= 0.6 is 11.8 Å². The molecule has 0 saturated carbocycles. The van der Waals surface area contributed by atoms with Crippen molar-refractivity contribution in [2.45, 2.75) is 0 Å². The van der Waals surface area contributed by atoms with Crippen LogP contribution in [0.25, 0.3) is 0 Å². The van der Waals surface area contributed by atoms with Crippen molar-refractivity contribution in [2.24, 2.45) is 0 Å². The molecule has 1 heterocycles. The predicted molar refractivity (Wildman–Crippen MR) is 41.5 cm³/mol. The number of rotatable bonds is 2. The lowest BCUT2D eigenvalue weighted by atomic mass is 10.5. The van der Waals surface area contributed by atoms with Crippen molar-refractivity contribution >= 4 is 11.8 Å². The van der Waals surface area contributed by atoms with Crippen molar-refractivity contribution in [3.05, 3.63) is 0 Å². The molecule has 0 bridgehead atoms. The summed E-state index contributed by atoms with van der Waals surface area (Å²) in [6.45, 7) is 4.81. The smallest absolute Gasteiger partial charge is 0.0869 e. The van der Waals surface area contributed by atoms with E-state index in [0.29, 0.717) is 0 Å². The molecule has 3 heteroatoms. The molecule has 0 aromatic carbocycles. The average molecular weight is 147 g/mol. The molecule has 0 spiro atoms. The van der Waals surface area contributed by atoms with Gasteiger partial charge in [-0.05, 0) is 0 Å². The molecule has 1 aliphatic rings. The van der Waals surface area contributed by atoms with Gasteiger partial charge in [-0.3, -0.25) is 4.90 Å². The summed E-state index contributed by atoms with van der Waals surface area (Å²) in [5, 5.41) is 0. The molecule has 0 atom stereocenters. The van der Waals surface area contributed by atoms with Gasteiger partial charge in [0.15, 0.2) is 0 Å². The van der Waals surface area contributed by atoms with Gasteiger partial charge in [-0.1, -0.05) is 0 Å². The molecule has 1 rings (SSSR count). The van der Waals surface area contributed by atoms with Crippen LogP contribution in [-0.2, 0) is 0 Å². The van der Waals surface area contributed by atoms with Crippen LogP contribution in [0.1, 0.15) is 0 Å². The molecule has 0 aromatic rings.